The molecule has 8 rings (SSSR count). The molecule has 2 aromatic carbocycles. The molecule has 0 radical (unpaired) electrons. The minimum absolute atomic E-state index is 0. The Labute approximate surface area is 546 Å². The van der Waals surface area contributed by atoms with E-state index in [9.17, 15) is 0 Å². The van der Waals surface area contributed by atoms with Crippen molar-refractivity contribution in [1.82, 2.24) is 0 Å². The van der Waals surface area contributed by atoms with Crippen molar-refractivity contribution in [3.8, 4) is 0 Å². The van der Waals surface area contributed by atoms with Gasteiger partial charge in [0, 0.05) is 10.8 Å². The molecule has 0 spiro atoms. The predicted octanol–water partition coefficient (Wildman–Crippen LogP) is 25.1. The molecule has 2 saturated carbocycles. The molecule has 6 aliphatic carbocycles. The number of allylic oxidation sites excluding steroid dienone is 8. The van der Waals surface area contributed by atoms with Crippen LogP contribution in [0.15, 0.2) is 84.0 Å². The zero-order chi connectivity index (χ0) is 53.7. The van der Waals surface area contributed by atoms with Crippen LogP contribution in [0.5, 0.6) is 0 Å². The van der Waals surface area contributed by atoms with Crippen LogP contribution < -0.4 is 0 Å². The zero-order valence-corrected chi connectivity index (χ0v) is 63.1. The summed E-state index contributed by atoms with van der Waals surface area (Å²) in [5, 5.41) is 0. The first-order valence-corrected chi connectivity index (χ1v) is 37.7. The van der Waals surface area contributed by atoms with E-state index in [1.165, 1.54) is 141 Å². The third-order valence-corrected chi connectivity index (χ3v) is 27.3. The van der Waals surface area contributed by atoms with E-state index in [4.69, 9.17) is 9.96 Å². The molecule has 0 saturated heterocycles. The summed E-state index contributed by atoms with van der Waals surface area (Å²) in [6, 6.07) is 19.1. The number of hydrogen-bond acceptors (Lipinski definition) is 0. The van der Waals surface area contributed by atoms with Crippen molar-refractivity contribution in [2.45, 2.75) is 284 Å². The second-order valence-electron chi connectivity index (χ2n) is 28.7. The Bertz CT molecular complexity index is 2260. The number of benzene rings is 2. The summed E-state index contributed by atoms with van der Waals surface area (Å²) in [4.78, 5) is 11.1. The van der Waals surface area contributed by atoms with E-state index in [2.05, 4.69) is 182 Å². The summed E-state index contributed by atoms with van der Waals surface area (Å²) >= 11 is 0. The van der Waals surface area contributed by atoms with Crippen LogP contribution in [0, 0.1) is 80.1 Å². The van der Waals surface area contributed by atoms with Crippen LogP contribution in [0.4, 0.5) is 0 Å². The van der Waals surface area contributed by atoms with E-state index in [1.807, 2.05) is 0 Å². The molecule has 0 aliphatic heterocycles. The molecule has 0 heterocycles. The first kappa shape index (κ1) is 83.2. The average Bonchev–Trinajstić information content (AvgIpc) is 4.01. The fraction of sp³-hybridized carbons (Fsp3) is 0.658. The molecule has 82 heavy (non-hydrogen) atoms. The minimum atomic E-state index is -1.77. The first-order chi connectivity index (χ1) is 35.1. The quantitative estimate of drug-likeness (QED) is 0.0569. The summed E-state index contributed by atoms with van der Waals surface area (Å²) in [6.45, 7) is 38.5. The molecule has 2 aromatic rings. The Morgan fingerprint density at radius 3 is 1.07 bits per heavy atom. The van der Waals surface area contributed by atoms with Crippen LogP contribution in [-0.4, -0.2) is 27.5 Å². The number of unbranched alkanes of at least 4 members (excludes halogenated alkanes) is 12. The third-order valence-electron chi connectivity index (χ3n) is 19.6. The fourth-order valence-corrected chi connectivity index (χ4v) is 26.9. The van der Waals surface area contributed by atoms with Gasteiger partial charge in [-0.2, -0.15) is 0 Å². The van der Waals surface area contributed by atoms with Crippen molar-refractivity contribution in [2.24, 2.45) is 35.5 Å². The Hall–Kier alpha value is -0.818. The van der Waals surface area contributed by atoms with Gasteiger partial charge in [0.1, 0.15) is 0 Å². The summed E-state index contributed by atoms with van der Waals surface area (Å²) in [6.07, 6.45) is 40.9. The minimum Gasteiger partial charge on any atom is -0.660 e. The fourth-order valence-electron chi connectivity index (χ4n) is 17.6. The van der Waals surface area contributed by atoms with E-state index in [-0.39, 0.29) is 110 Å². The Balaban J connectivity index is 0. The van der Waals surface area contributed by atoms with Gasteiger partial charge < -0.3 is 54.5 Å². The molecule has 6 heteroatoms. The van der Waals surface area contributed by atoms with Crippen LogP contribution in [0.3, 0.4) is 0 Å². The molecular formula is C76H130N2Si2Ti2. The van der Waals surface area contributed by atoms with Crippen molar-refractivity contribution in [3.05, 3.63) is 161 Å². The van der Waals surface area contributed by atoms with Crippen LogP contribution in [0.1, 0.15) is 247 Å². The van der Waals surface area contributed by atoms with Gasteiger partial charge in [-0.15, -0.1) is 11.1 Å². The van der Waals surface area contributed by atoms with Gasteiger partial charge in [0.15, 0.2) is 0 Å². The smallest absolute Gasteiger partial charge is 0.660 e. The number of hydrogen-bond donors (Lipinski definition) is 0. The monoisotopic (exact) mass is 1220 g/mol. The summed E-state index contributed by atoms with van der Waals surface area (Å²) in [7, 11) is -3.53. The average molecular weight is 1220 g/mol. The van der Waals surface area contributed by atoms with Crippen LogP contribution in [-0.2, 0) is 54.3 Å². The molecule has 2 nitrogen and oxygen atoms in total. The van der Waals surface area contributed by atoms with E-state index in [1.54, 1.807) is 44.5 Å². The second-order valence-corrected chi connectivity index (χ2v) is 37.0. The van der Waals surface area contributed by atoms with Gasteiger partial charge in [-0.05, 0) is 119 Å². The van der Waals surface area contributed by atoms with Crippen molar-refractivity contribution >= 4 is 27.6 Å². The topological polar surface area (TPSA) is 28.2 Å². The Morgan fingerprint density at radius 1 is 0.427 bits per heavy atom. The number of fused-ring (bicyclic) bond motifs is 8. The summed E-state index contributed by atoms with van der Waals surface area (Å²) in [5.41, 5.74) is 15.1. The largest absolute Gasteiger partial charge is 4.00 e. The predicted molar refractivity (Wildman–Crippen MR) is 372 cm³/mol. The first-order valence-electron chi connectivity index (χ1n) is 31.6. The van der Waals surface area contributed by atoms with Crippen molar-refractivity contribution < 1.29 is 43.4 Å². The normalized spacial score (nSPS) is 23.8. The standard InChI is InChI=1S/2C35H56NSi.6CH3.2Ti/c1-9-11-13-17-21-35(22-18-14-12-10-2)31-20-16-15-19-28(31)30-25-29-27(24-32(30)35)23-26(3)33(29)37(7,8)36-34(4,5)6;1-9-11-13-17-21-35(22-18-14-12-10-2)31-20-16-15-19-28(31)30-24-27-23-26(3)33(29(27)25-32(30)35)37(7,8)36-34(4,5)6;;;;;;;;/h2*15-16,19-20,24-27,29,33H,9-14,17-18,21-23H2,1-8H3;6*1H3;;/q8*-1;2*+4. The second kappa shape index (κ2) is 35.4. The van der Waals surface area contributed by atoms with Crippen LogP contribution in [0.25, 0.3) is 21.1 Å². The molecular weight excluding hydrogens is 1090 g/mol. The molecule has 0 amide bonds. The maximum absolute atomic E-state index is 5.56. The van der Waals surface area contributed by atoms with Gasteiger partial charge >= 0.3 is 43.4 Å². The SMILES string of the molecule is CCCCCCC1(CCCCCC)C2=CC3C(C=C2c2ccccc21)CC(C)C3[Si](C)(C)[N-]C(C)(C)C.CCCCCCC1(CCCCCC)C2=CC3CC(C)C([Si](C)(C)[N-]C(C)(C)C)C3C=C2c2ccccc21.[CH3-].[CH3-].[CH3-].[CH3-].[CH3-].[CH3-].[Ti+4].[Ti+4]. The maximum Gasteiger partial charge on any atom is 4.00 e. The van der Waals surface area contributed by atoms with Crippen molar-refractivity contribution in [1.29, 1.82) is 0 Å². The van der Waals surface area contributed by atoms with Gasteiger partial charge in [-0.1, -0.05) is 312 Å². The molecule has 460 valence electrons. The van der Waals surface area contributed by atoms with Crippen molar-refractivity contribution in [3.63, 3.8) is 0 Å². The van der Waals surface area contributed by atoms with E-state index in [0.717, 1.165) is 22.9 Å². The number of nitrogens with zero attached hydrogens (tertiary/aromatic N) is 2. The van der Waals surface area contributed by atoms with Gasteiger partial charge in [-0.3, -0.25) is 0 Å². The Morgan fingerprint density at radius 2 is 0.732 bits per heavy atom. The van der Waals surface area contributed by atoms with Crippen LogP contribution in [0.2, 0.25) is 37.3 Å². The van der Waals surface area contributed by atoms with Gasteiger partial charge in [0.05, 0.1) is 0 Å². The zero-order valence-electron chi connectivity index (χ0n) is 58.0. The molecule has 0 bridgehead atoms. The van der Waals surface area contributed by atoms with Crippen LogP contribution >= 0.6 is 0 Å². The third kappa shape index (κ3) is 18.6. The molecule has 0 aromatic heterocycles. The van der Waals surface area contributed by atoms with Gasteiger partial charge in [0.2, 0.25) is 0 Å². The molecule has 6 aliphatic rings. The number of rotatable bonds is 24. The Kier molecular flexibility index (Phi) is 35.9. The van der Waals surface area contributed by atoms with E-state index < -0.39 is 16.5 Å². The van der Waals surface area contributed by atoms with Gasteiger partial charge in [0.25, 0.3) is 0 Å². The molecule has 2 fully saturated rings. The molecule has 0 N–H and O–H groups in total. The van der Waals surface area contributed by atoms with Crippen molar-refractivity contribution in [2.75, 3.05) is 0 Å². The van der Waals surface area contributed by atoms with Gasteiger partial charge in [-0.25, -0.2) is 0 Å². The molecule has 8 unspecified atom stereocenters. The molecule has 8 atom stereocenters. The maximum atomic E-state index is 5.56. The van der Waals surface area contributed by atoms with E-state index in [0.29, 0.717) is 23.7 Å². The summed E-state index contributed by atoms with van der Waals surface area (Å²) < 4.78 is 0. The van der Waals surface area contributed by atoms with E-state index >= 15 is 0 Å². The summed E-state index contributed by atoms with van der Waals surface area (Å²) in [5.74, 6) is 4.22.